The van der Waals surface area contributed by atoms with Crippen molar-refractivity contribution in [3.63, 3.8) is 0 Å². The number of aliphatic hydroxyl groups excluding tert-OH is 1. The second kappa shape index (κ2) is 9.66. The van der Waals surface area contributed by atoms with E-state index in [4.69, 9.17) is 4.98 Å². The van der Waals surface area contributed by atoms with Gasteiger partial charge < -0.3 is 25.3 Å². The number of carbonyl (C=O) groups is 1. The molecule has 1 amide bonds. The number of hydrogen-bond acceptors (Lipinski definition) is 6. The molecule has 7 nitrogen and oxygen atoms in total. The SMILES string of the molecule is C[C@@H]1CN(c2ccc(C(O)C(F)(F)F)cc2)CCN1c1cccc(C(=O)NC2C3CC4CC2CC(O)(C4)C3)n1. The highest BCUT2D eigenvalue weighted by Crippen LogP contribution is 2.55. The monoisotopic (exact) mass is 544 g/mol. The number of benzene rings is 1. The molecule has 0 spiro atoms. The van der Waals surface area contributed by atoms with Crippen LogP contribution in [0.3, 0.4) is 0 Å². The van der Waals surface area contributed by atoms with Gasteiger partial charge in [0.1, 0.15) is 11.5 Å². The molecule has 1 aliphatic heterocycles. The first kappa shape index (κ1) is 26.4. The van der Waals surface area contributed by atoms with Crippen molar-refractivity contribution in [2.45, 2.75) is 69.0 Å². The molecule has 1 aromatic heterocycles. The van der Waals surface area contributed by atoms with Crippen LogP contribution in [0, 0.1) is 17.8 Å². The van der Waals surface area contributed by atoms with Gasteiger partial charge in [-0.2, -0.15) is 13.2 Å². The first-order chi connectivity index (χ1) is 18.5. The third-order valence-electron chi connectivity index (χ3n) is 9.31. The van der Waals surface area contributed by atoms with Gasteiger partial charge in [-0.3, -0.25) is 4.79 Å². The fourth-order valence-corrected chi connectivity index (χ4v) is 7.74. The lowest BCUT2D eigenvalue weighted by atomic mass is 9.52. The molecule has 1 saturated heterocycles. The molecule has 2 heterocycles. The molecule has 2 aromatic rings. The highest BCUT2D eigenvalue weighted by Gasteiger charge is 2.55. The largest absolute Gasteiger partial charge is 0.418 e. The second-order valence-corrected chi connectivity index (χ2v) is 12.1. The molecular weight excluding hydrogens is 509 g/mol. The number of nitrogens with one attached hydrogen (secondary N) is 1. The topological polar surface area (TPSA) is 88.9 Å². The smallest absolute Gasteiger partial charge is 0.390 e. The van der Waals surface area contributed by atoms with E-state index in [9.17, 15) is 28.2 Å². The highest BCUT2D eigenvalue weighted by atomic mass is 19.4. The Morgan fingerprint density at radius 2 is 1.77 bits per heavy atom. The first-order valence-corrected chi connectivity index (χ1v) is 13.9. The van der Waals surface area contributed by atoms with Crippen molar-refractivity contribution < 1.29 is 28.2 Å². The van der Waals surface area contributed by atoms with Gasteiger partial charge in [-0.15, -0.1) is 0 Å². The maximum absolute atomic E-state index is 13.3. The van der Waals surface area contributed by atoms with E-state index in [1.165, 1.54) is 12.1 Å². The van der Waals surface area contributed by atoms with E-state index in [-0.39, 0.29) is 23.6 Å². The Hall–Kier alpha value is -2.85. The number of piperazine rings is 1. The van der Waals surface area contributed by atoms with Crippen LogP contribution in [-0.2, 0) is 0 Å². The molecular formula is C29H35F3N4O3. The predicted octanol–water partition coefficient (Wildman–Crippen LogP) is 4.06. The molecule has 1 aromatic carbocycles. The third kappa shape index (κ3) is 5.09. The molecule has 4 bridgehead atoms. The van der Waals surface area contributed by atoms with Crippen molar-refractivity contribution >= 4 is 17.4 Å². The average molecular weight is 545 g/mol. The summed E-state index contributed by atoms with van der Waals surface area (Å²) in [7, 11) is 0. The van der Waals surface area contributed by atoms with Gasteiger partial charge in [-0.1, -0.05) is 18.2 Å². The van der Waals surface area contributed by atoms with Crippen LogP contribution in [0.2, 0.25) is 0 Å². The summed E-state index contributed by atoms with van der Waals surface area (Å²) in [5, 5.41) is 23.6. The Labute approximate surface area is 226 Å². The third-order valence-corrected chi connectivity index (χ3v) is 9.31. The van der Waals surface area contributed by atoms with Crippen LogP contribution in [-0.4, -0.2) is 64.6 Å². The number of rotatable bonds is 5. The number of carbonyl (C=O) groups excluding carboxylic acids is 1. The fraction of sp³-hybridized carbons (Fsp3) is 0.586. The van der Waals surface area contributed by atoms with Crippen LogP contribution in [0.1, 0.15) is 61.2 Å². The summed E-state index contributed by atoms with van der Waals surface area (Å²) in [5.74, 6) is 1.78. The van der Waals surface area contributed by atoms with Crippen LogP contribution in [0.5, 0.6) is 0 Å². The quantitative estimate of drug-likeness (QED) is 0.526. The Bertz CT molecular complexity index is 1210. The van der Waals surface area contributed by atoms with E-state index in [0.29, 0.717) is 43.1 Å². The van der Waals surface area contributed by atoms with Gasteiger partial charge >= 0.3 is 6.18 Å². The molecule has 5 fully saturated rings. The molecule has 210 valence electrons. The maximum atomic E-state index is 13.3. The molecule has 39 heavy (non-hydrogen) atoms. The lowest BCUT2D eigenvalue weighted by Crippen LogP contribution is -2.61. The number of pyridine rings is 1. The zero-order valence-electron chi connectivity index (χ0n) is 21.9. The van der Waals surface area contributed by atoms with Gasteiger partial charge in [0.25, 0.3) is 5.91 Å². The minimum absolute atomic E-state index is 0.0511. The Kier molecular flexibility index (Phi) is 6.53. The van der Waals surface area contributed by atoms with Crippen molar-refractivity contribution in [1.82, 2.24) is 10.3 Å². The molecule has 5 aliphatic rings. The Balaban J connectivity index is 1.09. The van der Waals surface area contributed by atoms with Crippen molar-refractivity contribution in [2.24, 2.45) is 17.8 Å². The van der Waals surface area contributed by atoms with Gasteiger partial charge in [0.05, 0.1) is 5.60 Å². The molecule has 0 radical (unpaired) electrons. The summed E-state index contributed by atoms with van der Waals surface area (Å²) >= 11 is 0. The van der Waals surface area contributed by atoms with Crippen LogP contribution < -0.4 is 15.1 Å². The maximum Gasteiger partial charge on any atom is 0.418 e. The van der Waals surface area contributed by atoms with Crippen LogP contribution in [0.4, 0.5) is 24.7 Å². The molecule has 3 unspecified atom stereocenters. The summed E-state index contributed by atoms with van der Waals surface area (Å²) in [4.78, 5) is 22.2. The van der Waals surface area contributed by atoms with Crippen molar-refractivity contribution in [1.29, 1.82) is 0 Å². The van der Waals surface area contributed by atoms with E-state index < -0.39 is 17.9 Å². The lowest BCUT2D eigenvalue weighted by molar-refractivity contribution is -0.206. The predicted molar refractivity (Wildman–Crippen MR) is 140 cm³/mol. The van der Waals surface area contributed by atoms with Crippen LogP contribution >= 0.6 is 0 Å². The van der Waals surface area contributed by atoms with E-state index in [1.807, 2.05) is 12.1 Å². The lowest BCUT2D eigenvalue weighted by Gasteiger charge is -2.58. The molecule has 4 aliphatic carbocycles. The zero-order chi connectivity index (χ0) is 27.5. The molecule has 10 heteroatoms. The summed E-state index contributed by atoms with van der Waals surface area (Å²) in [6, 6.07) is 11.5. The van der Waals surface area contributed by atoms with Gasteiger partial charge in [-0.25, -0.2) is 4.98 Å². The van der Waals surface area contributed by atoms with Gasteiger partial charge in [0, 0.05) is 37.4 Å². The summed E-state index contributed by atoms with van der Waals surface area (Å²) in [5.41, 5.74) is 0.455. The second-order valence-electron chi connectivity index (χ2n) is 12.1. The van der Waals surface area contributed by atoms with E-state index in [1.54, 1.807) is 18.2 Å². The van der Waals surface area contributed by atoms with Crippen molar-refractivity contribution in [3.05, 3.63) is 53.7 Å². The summed E-state index contributed by atoms with van der Waals surface area (Å²) < 4.78 is 38.5. The highest BCUT2D eigenvalue weighted by molar-refractivity contribution is 5.93. The van der Waals surface area contributed by atoms with E-state index in [2.05, 4.69) is 22.0 Å². The van der Waals surface area contributed by atoms with Gasteiger partial charge in [-0.05, 0) is 86.6 Å². The zero-order valence-corrected chi connectivity index (χ0v) is 21.9. The normalized spacial score (nSPS) is 32.8. The first-order valence-electron chi connectivity index (χ1n) is 13.9. The number of halogens is 3. The number of aromatic nitrogens is 1. The number of anilines is 2. The van der Waals surface area contributed by atoms with Crippen molar-refractivity contribution in [3.8, 4) is 0 Å². The van der Waals surface area contributed by atoms with Gasteiger partial charge in [0.15, 0.2) is 6.10 Å². The number of hydrogen-bond donors (Lipinski definition) is 3. The average Bonchev–Trinajstić information content (AvgIpc) is 2.89. The van der Waals surface area contributed by atoms with Crippen LogP contribution in [0.15, 0.2) is 42.5 Å². The number of aliphatic hydroxyl groups is 2. The Morgan fingerprint density at radius 1 is 1.08 bits per heavy atom. The van der Waals surface area contributed by atoms with Gasteiger partial charge in [0.2, 0.25) is 0 Å². The van der Waals surface area contributed by atoms with E-state index >= 15 is 0 Å². The minimum atomic E-state index is -4.70. The number of alkyl halides is 3. The van der Waals surface area contributed by atoms with Crippen molar-refractivity contribution in [2.75, 3.05) is 29.4 Å². The fourth-order valence-electron chi connectivity index (χ4n) is 7.74. The van der Waals surface area contributed by atoms with E-state index in [0.717, 1.165) is 43.6 Å². The molecule has 4 atom stereocenters. The summed E-state index contributed by atoms with van der Waals surface area (Å²) in [6.45, 7) is 3.97. The summed E-state index contributed by atoms with van der Waals surface area (Å²) in [6.07, 6.45) is -2.60. The molecule has 4 saturated carbocycles. The molecule has 7 rings (SSSR count). The minimum Gasteiger partial charge on any atom is -0.390 e. The van der Waals surface area contributed by atoms with Crippen LogP contribution in [0.25, 0.3) is 0 Å². The number of amides is 1. The Morgan fingerprint density at radius 3 is 2.38 bits per heavy atom. The number of nitrogens with zero attached hydrogens (tertiary/aromatic N) is 3. The standard InChI is InChI=1S/C29H35F3N4O3/c1-17-16-35(22-7-5-19(6-8-22)26(37)29(30,31)32)9-10-36(17)24-4-2-3-23(33-24)27(38)34-25-20-11-18-12-21(25)15-28(39,13-18)14-20/h2-8,17-18,20-21,25-26,37,39H,9-16H2,1H3,(H,34,38)/t17-,18?,20?,21?,25?,26?,28?/m1/s1. The molecule has 3 N–H and O–H groups in total.